The minimum absolute atomic E-state index is 0.0187. The lowest BCUT2D eigenvalue weighted by molar-refractivity contribution is -0.117. The van der Waals surface area contributed by atoms with E-state index in [4.69, 9.17) is 0 Å². The fraction of sp³-hybridized carbons (Fsp3) is 0.333. The molecule has 20 heavy (non-hydrogen) atoms. The zero-order chi connectivity index (χ0) is 14.1. The van der Waals surface area contributed by atoms with E-state index < -0.39 is 0 Å². The summed E-state index contributed by atoms with van der Waals surface area (Å²) in [6, 6.07) is 9.85. The summed E-state index contributed by atoms with van der Waals surface area (Å²) in [6.07, 6.45) is 0.793. The number of aryl methyl sites for hydroxylation is 2. The molecule has 0 aliphatic carbocycles. The summed E-state index contributed by atoms with van der Waals surface area (Å²) in [5.74, 6) is 0.715. The Morgan fingerprint density at radius 3 is 2.80 bits per heavy atom. The van der Waals surface area contributed by atoms with Gasteiger partial charge in [-0.25, -0.2) is 0 Å². The molecule has 1 aromatic carbocycles. The van der Waals surface area contributed by atoms with Crippen LogP contribution in [-0.2, 0) is 18.3 Å². The molecule has 0 radical (unpaired) electrons. The molecule has 2 N–H and O–H groups in total. The average molecular weight is 270 g/mol. The SMILES string of the molecule is CCc1nn(C)c2c1NC(=O)C(c1ccccc1)CN2. The molecule has 1 aliphatic rings. The average Bonchev–Trinajstić information content (AvgIpc) is 2.66. The monoisotopic (exact) mass is 270 g/mol. The van der Waals surface area contributed by atoms with Crippen LogP contribution < -0.4 is 10.6 Å². The van der Waals surface area contributed by atoms with Gasteiger partial charge in [0.25, 0.3) is 0 Å². The molecule has 0 bridgehead atoms. The van der Waals surface area contributed by atoms with Gasteiger partial charge in [-0.1, -0.05) is 37.3 Å². The number of hydrogen-bond acceptors (Lipinski definition) is 3. The first-order valence-corrected chi connectivity index (χ1v) is 6.86. The van der Waals surface area contributed by atoms with Crippen LogP contribution in [0.2, 0.25) is 0 Å². The molecule has 0 saturated heterocycles. The third kappa shape index (κ3) is 2.05. The Morgan fingerprint density at radius 1 is 1.35 bits per heavy atom. The van der Waals surface area contributed by atoms with E-state index in [0.717, 1.165) is 29.2 Å². The number of rotatable bonds is 2. The lowest BCUT2D eigenvalue weighted by atomic mass is 9.98. The van der Waals surface area contributed by atoms with E-state index in [1.807, 2.05) is 44.3 Å². The first-order chi connectivity index (χ1) is 9.70. The molecule has 1 unspecified atom stereocenters. The van der Waals surface area contributed by atoms with Crippen LogP contribution in [0.1, 0.15) is 24.1 Å². The molecule has 1 aliphatic heterocycles. The topological polar surface area (TPSA) is 59.0 Å². The highest BCUT2D eigenvalue weighted by Gasteiger charge is 2.28. The standard InChI is InChI=1S/C15H18N4O/c1-3-12-13-14(19(2)18-12)16-9-11(15(20)17-13)10-7-5-4-6-8-10/h4-8,11,16H,3,9H2,1-2H3,(H,17,20). The number of amides is 1. The quantitative estimate of drug-likeness (QED) is 0.879. The second kappa shape index (κ2) is 5.00. The van der Waals surface area contributed by atoms with Crippen molar-refractivity contribution in [1.82, 2.24) is 9.78 Å². The van der Waals surface area contributed by atoms with E-state index in [-0.39, 0.29) is 11.8 Å². The fourth-order valence-electron chi connectivity index (χ4n) is 2.62. The lowest BCUT2D eigenvalue weighted by Gasteiger charge is -2.14. The predicted molar refractivity (Wildman–Crippen MR) is 78.9 cm³/mol. The van der Waals surface area contributed by atoms with Crippen LogP contribution in [0.3, 0.4) is 0 Å². The molecular formula is C15H18N4O. The number of fused-ring (bicyclic) bond motifs is 1. The Bertz CT molecular complexity index is 633. The normalized spacial score (nSPS) is 17.9. The number of benzene rings is 1. The van der Waals surface area contributed by atoms with E-state index >= 15 is 0 Å². The third-order valence-corrected chi connectivity index (χ3v) is 3.69. The van der Waals surface area contributed by atoms with Crippen molar-refractivity contribution in [1.29, 1.82) is 0 Å². The largest absolute Gasteiger partial charge is 0.367 e. The van der Waals surface area contributed by atoms with Gasteiger partial charge in [-0.2, -0.15) is 5.10 Å². The van der Waals surface area contributed by atoms with Crippen molar-refractivity contribution in [2.75, 3.05) is 17.2 Å². The predicted octanol–water partition coefficient (Wildman–Crippen LogP) is 2.13. The molecule has 104 valence electrons. The fourth-order valence-corrected chi connectivity index (χ4v) is 2.62. The van der Waals surface area contributed by atoms with Crippen LogP contribution in [0, 0.1) is 0 Å². The molecular weight excluding hydrogens is 252 g/mol. The van der Waals surface area contributed by atoms with Gasteiger partial charge in [-0.15, -0.1) is 0 Å². The Hall–Kier alpha value is -2.30. The highest BCUT2D eigenvalue weighted by molar-refractivity contribution is 6.00. The van der Waals surface area contributed by atoms with Gasteiger partial charge in [-0.3, -0.25) is 9.48 Å². The molecule has 1 amide bonds. The van der Waals surface area contributed by atoms with Crippen LogP contribution in [-0.4, -0.2) is 22.2 Å². The van der Waals surface area contributed by atoms with Gasteiger partial charge in [0.1, 0.15) is 11.5 Å². The Kier molecular flexibility index (Phi) is 3.18. The van der Waals surface area contributed by atoms with Gasteiger partial charge < -0.3 is 10.6 Å². The van der Waals surface area contributed by atoms with E-state index in [9.17, 15) is 4.79 Å². The van der Waals surface area contributed by atoms with Gasteiger partial charge in [0.15, 0.2) is 0 Å². The number of aromatic nitrogens is 2. The van der Waals surface area contributed by atoms with E-state index in [2.05, 4.69) is 15.7 Å². The van der Waals surface area contributed by atoms with Gasteiger partial charge in [0, 0.05) is 13.6 Å². The number of carbonyl (C=O) groups is 1. The van der Waals surface area contributed by atoms with Crippen molar-refractivity contribution in [3.63, 3.8) is 0 Å². The lowest BCUT2D eigenvalue weighted by Crippen LogP contribution is -2.24. The van der Waals surface area contributed by atoms with E-state index in [0.29, 0.717) is 6.54 Å². The Morgan fingerprint density at radius 2 is 2.10 bits per heavy atom. The van der Waals surface area contributed by atoms with Crippen molar-refractivity contribution in [3.8, 4) is 0 Å². The molecule has 3 rings (SSSR count). The maximum absolute atomic E-state index is 12.5. The van der Waals surface area contributed by atoms with Gasteiger partial charge >= 0.3 is 0 Å². The minimum Gasteiger partial charge on any atom is -0.367 e. The van der Waals surface area contributed by atoms with E-state index in [1.54, 1.807) is 4.68 Å². The maximum Gasteiger partial charge on any atom is 0.233 e. The molecule has 2 heterocycles. The molecule has 0 saturated carbocycles. The smallest absolute Gasteiger partial charge is 0.233 e. The van der Waals surface area contributed by atoms with Crippen LogP contribution in [0.25, 0.3) is 0 Å². The van der Waals surface area contributed by atoms with Crippen molar-refractivity contribution in [2.45, 2.75) is 19.3 Å². The molecule has 5 heteroatoms. The summed E-state index contributed by atoms with van der Waals surface area (Å²) < 4.78 is 1.79. The number of hydrogen-bond donors (Lipinski definition) is 2. The zero-order valence-corrected chi connectivity index (χ0v) is 11.7. The third-order valence-electron chi connectivity index (χ3n) is 3.69. The minimum atomic E-state index is -0.187. The highest BCUT2D eigenvalue weighted by atomic mass is 16.2. The summed E-state index contributed by atoms with van der Waals surface area (Å²) in [4.78, 5) is 12.5. The van der Waals surface area contributed by atoms with E-state index in [1.165, 1.54) is 0 Å². The summed E-state index contributed by atoms with van der Waals surface area (Å²) in [5.41, 5.74) is 2.76. The molecule has 0 fully saturated rings. The van der Waals surface area contributed by atoms with Crippen molar-refractivity contribution in [3.05, 3.63) is 41.6 Å². The van der Waals surface area contributed by atoms with Gasteiger partial charge in [0.2, 0.25) is 5.91 Å². The van der Waals surface area contributed by atoms with Crippen LogP contribution >= 0.6 is 0 Å². The highest BCUT2D eigenvalue weighted by Crippen LogP contribution is 2.31. The number of anilines is 2. The van der Waals surface area contributed by atoms with Crippen molar-refractivity contribution >= 4 is 17.4 Å². The maximum atomic E-state index is 12.5. The summed E-state index contributed by atoms with van der Waals surface area (Å²) in [5, 5.41) is 10.8. The second-order valence-corrected chi connectivity index (χ2v) is 4.98. The Balaban J connectivity index is 1.95. The van der Waals surface area contributed by atoms with Crippen LogP contribution in [0.4, 0.5) is 11.5 Å². The van der Waals surface area contributed by atoms with Gasteiger partial charge in [-0.05, 0) is 12.0 Å². The number of nitrogens with one attached hydrogen (secondary N) is 2. The molecule has 0 spiro atoms. The molecule has 2 aromatic rings. The number of nitrogens with zero attached hydrogens (tertiary/aromatic N) is 2. The molecule has 1 atom stereocenters. The first kappa shape index (κ1) is 12.7. The summed E-state index contributed by atoms with van der Waals surface area (Å²) in [6.45, 7) is 2.61. The summed E-state index contributed by atoms with van der Waals surface area (Å²) in [7, 11) is 1.89. The second-order valence-electron chi connectivity index (χ2n) is 4.98. The van der Waals surface area contributed by atoms with Crippen molar-refractivity contribution < 1.29 is 4.79 Å². The number of carbonyl (C=O) groups excluding carboxylic acids is 1. The Labute approximate surface area is 118 Å². The first-order valence-electron chi connectivity index (χ1n) is 6.86. The molecule has 1 aromatic heterocycles. The van der Waals surface area contributed by atoms with Crippen LogP contribution in [0.5, 0.6) is 0 Å². The molecule has 5 nitrogen and oxygen atoms in total. The zero-order valence-electron chi connectivity index (χ0n) is 11.7. The summed E-state index contributed by atoms with van der Waals surface area (Å²) >= 11 is 0. The van der Waals surface area contributed by atoms with Gasteiger partial charge in [0.05, 0.1) is 11.6 Å². The van der Waals surface area contributed by atoms with Crippen LogP contribution in [0.15, 0.2) is 30.3 Å². The van der Waals surface area contributed by atoms with Crippen molar-refractivity contribution in [2.24, 2.45) is 7.05 Å².